The number of carbonyl (C=O) groups excluding carboxylic acids is 1. The predicted molar refractivity (Wildman–Crippen MR) is 104 cm³/mol. The Bertz CT molecular complexity index is 1290. The first-order valence-electron chi connectivity index (χ1n) is 8.76. The first kappa shape index (κ1) is 20.7. The second kappa shape index (κ2) is 7.60. The molecule has 0 bridgehead atoms. The van der Waals surface area contributed by atoms with Gasteiger partial charge in [0, 0.05) is 6.07 Å². The fraction of sp³-hybridized carbons (Fsp3) is 0.158. The molecule has 4 rings (SSSR count). The van der Waals surface area contributed by atoms with Crippen LogP contribution in [0.25, 0.3) is 16.7 Å². The van der Waals surface area contributed by atoms with Crippen LogP contribution in [0.5, 0.6) is 5.75 Å². The van der Waals surface area contributed by atoms with Crippen molar-refractivity contribution >= 4 is 40.5 Å². The van der Waals surface area contributed by atoms with Gasteiger partial charge in [0.25, 0.3) is 0 Å². The standard InChI is InChI=1S/C19H12ClF2N3O6/c20-11-3-8(21)4-12(22)16(11)25-7-13(31-19(29)30)17(28)10-1-2-14(23-18(10)25)24-6-9(26)5-15(24)27/h1-4,7,9,26H,5-6H2,(H,29,30)/t9-/m0/s1. The number of aromatic nitrogens is 2. The molecule has 1 atom stereocenters. The first-order chi connectivity index (χ1) is 14.7. The van der Waals surface area contributed by atoms with Gasteiger partial charge < -0.3 is 14.9 Å². The van der Waals surface area contributed by atoms with Crippen molar-refractivity contribution in [3.05, 3.63) is 57.3 Å². The van der Waals surface area contributed by atoms with E-state index in [-0.39, 0.29) is 34.8 Å². The maximum Gasteiger partial charge on any atom is 0.511 e. The van der Waals surface area contributed by atoms with Crippen molar-refractivity contribution in [3.8, 4) is 11.4 Å². The molecule has 2 aromatic heterocycles. The molecule has 1 saturated heterocycles. The molecule has 3 aromatic rings. The van der Waals surface area contributed by atoms with E-state index in [1.54, 1.807) is 0 Å². The summed E-state index contributed by atoms with van der Waals surface area (Å²) in [6, 6.07) is 3.94. The summed E-state index contributed by atoms with van der Waals surface area (Å²) in [6.45, 7) is -0.0343. The molecule has 0 saturated carbocycles. The van der Waals surface area contributed by atoms with Crippen LogP contribution < -0.4 is 15.1 Å². The van der Waals surface area contributed by atoms with E-state index in [9.17, 15) is 28.3 Å². The number of fused-ring (bicyclic) bond motifs is 1. The molecule has 12 heteroatoms. The number of halogens is 3. The van der Waals surface area contributed by atoms with E-state index in [1.165, 1.54) is 17.0 Å². The van der Waals surface area contributed by atoms with E-state index in [1.807, 2.05) is 0 Å². The summed E-state index contributed by atoms with van der Waals surface area (Å²) in [5.74, 6) is -3.08. The number of carboxylic acid groups (broad SMARTS) is 1. The molecule has 31 heavy (non-hydrogen) atoms. The van der Waals surface area contributed by atoms with Crippen LogP contribution in [-0.4, -0.2) is 44.5 Å². The van der Waals surface area contributed by atoms with Gasteiger partial charge in [-0.3, -0.25) is 19.1 Å². The fourth-order valence-corrected chi connectivity index (χ4v) is 3.62. The number of carbonyl (C=O) groups is 2. The van der Waals surface area contributed by atoms with Crippen LogP contribution >= 0.6 is 11.6 Å². The van der Waals surface area contributed by atoms with Crippen LogP contribution in [0.4, 0.5) is 19.4 Å². The lowest BCUT2D eigenvalue weighted by atomic mass is 10.2. The van der Waals surface area contributed by atoms with E-state index in [0.717, 1.165) is 16.8 Å². The molecule has 3 heterocycles. The summed E-state index contributed by atoms with van der Waals surface area (Å²) in [5.41, 5.74) is -1.47. The highest BCUT2D eigenvalue weighted by molar-refractivity contribution is 6.32. The Kier molecular flexibility index (Phi) is 5.07. The van der Waals surface area contributed by atoms with Gasteiger partial charge in [-0.2, -0.15) is 0 Å². The van der Waals surface area contributed by atoms with Crippen LogP contribution in [-0.2, 0) is 4.79 Å². The summed E-state index contributed by atoms with van der Waals surface area (Å²) < 4.78 is 33.6. The van der Waals surface area contributed by atoms with Gasteiger partial charge >= 0.3 is 6.16 Å². The van der Waals surface area contributed by atoms with E-state index in [4.69, 9.17) is 16.7 Å². The van der Waals surface area contributed by atoms with E-state index < -0.39 is 46.7 Å². The van der Waals surface area contributed by atoms with Gasteiger partial charge in [-0.05, 0) is 18.2 Å². The summed E-state index contributed by atoms with van der Waals surface area (Å²) >= 11 is 6.02. The van der Waals surface area contributed by atoms with Crippen molar-refractivity contribution in [2.75, 3.05) is 11.4 Å². The van der Waals surface area contributed by atoms with Crippen LogP contribution in [0.3, 0.4) is 0 Å². The van der Waals surface area contributed by atoms with E-state index in [0.29, 0.717) is 6.07 Å². The Balaban J connectivity index is 2.03. The highest BCUT2D eigenvalue weighted by Gasteiger charge is 2.30. The Morgan fingerprint density at radius 2 is 2.00 bits per heavy atom. The second-order valence-corrected chi connectivity index (χ2v) is 7.09. The SMILES string of the molecule is O=C(O)Oc1cn(-c2c(F)cc(F)cc2Cl)c2nc(N3C[C@@H](O)CC3=O)ccc2c1=O. The molecular weight excluding hydrogens is 440 g/mol. The van der Waals surface area contributed by atoms with Crippen LogP contribution in [0, 0.1) is 11.6 Å². The Labute approximate surface area is 176 Å². The Hall–Kier alpha value is -3.57. The number of aliphatic hydroxyl groups is 1. The number of anilines is 1. The van der Waals surface area contributed by atoms with Gasteiger partial charge in [-0.25, -0.2) is 18.6 Å². The molecule has 0 radical (unpaired) electrons. The number of rotatable bonds is 3. The molecule has 1 amide bonds. The van der Waals surface area contributed by atoms with Crippen molar-refractivity contribution in [3.63, 3.8) is 0 Å². The molecule has 0 spiro atoms. The van der Waals surface area contributed by atoms with Crippen molar-refractivity contribution in [1.29, 1.82) is 0 Å². The minimum Gasteiger partial charge on any atom is -0.449 e. The van der Waals surface area contributed by atoms with Gasteiger partial charge in [-0.15, -0.1) is 0 Å². The van der Waals surface area contributed by atoms with Gasteiger partial charge in [0.1, 0.15) is 17.3 Å². The van der Waals surface area contributed by atoms with E-state index in [2.05, 4.69) is 9.72 Å². The number of hydrogen-bond acceptors (Lipinski definition) is 6. The molecular formula is C19H12ClF2N3O6. The number of nitrogens with zero attached hydrogens (tertiary/aromatic N) is 3. The monoisotopic (exact) mass is 451 g/mol. The molecule has 9 nitrogen and oxygen atoms in total. The zero-order valence-corrected chi connectivity index (χ0v) is 16.1. The minimum absolute atomic E-state index is 0.0343. The second-order valence-electron chi connectivity index (χ2n) is 6.68. The largest absolute Gasteiger partial charge is 0.511 e. The van der Waals surface area contributed by atoms with Crippen molar-refractivity contribution in [2.45, 2.75) is 12.5 Å². The van der Waals surface area contributed by atoms with E-state index >= 15 is 0 Å². The number of benzene rings is 1. The van der Waals surface area contributed by atoms with Crippen molar-refractivity contribution in [1.82, 2.24) is 9.55 Å². The molecule has 1 aliphatic heterocycles. The van der Waals surface area contributed by atoms with Crippen molar-refractivity contribution in [2.24, 2.45) is 0 Å². The average Bonchev–Trinajstić information content (AvgIpc) is 3.01. The maximum atomic E-state index is 14.6. The normalized spacial score (nSPS) is 16.2. The van der Waals surface area contributed by atoms with Gasteiger partial charge in [0.15, 0.2) is 17.2 Å². The molecule has 1 aromatic carbocycles. The first-order valence-corrected chi connectivity index (χ1v) is 9.14. The van der Waals surface area contributed by atoms with Crippen LogP contribution in [0.15, 0.2) is 35.3 Å². The molecule has 0 unspecified atom stereocenters. The van der Waals surface area contributed by atoms with Gasteiger partial charge in [-0.1, -0.05) is 11.6 Å². The zero-order chi connectivity index (χ0) is 22.4. The lowest BCUT2D eigenvalue weighted by molar-refractivity contribution is -0.117. The van der Waals surface area contributed by atoms with Crippen LogP contribution in [0.2, 0.25) is 5.02 Å². The third kappa shape index (κ3) is 3.68. The van der Waals surface area contributed by atoms with Crippen molar-refractivity contribution < 1.29 is 33.3 Å². The third-order valence-corrected chi connectivity index (χ3v) is 4.89. The minimum atomic E-state index is -1.78. The predicted octanol–water partition coefficient (Wildman–Crippen LogP) is 2.47. The van der Waals surface area contributed by atoms with Crippen LogP contribution in [0.1, 0.15) is 6.42 Å². The summed E-state index contributed by atoms with van der Waals surface area (Å²) in [7, 11) is 0. The summed E-state index contributed by atoms with van der Waals surface area (Å²) in [5, 5.41) is 18.1. The summed E-state index contributed by atoms with van der Waals surface area (Å²) in [4.78, 5) is 41.2. The highest BCUT2D eigenvalue weighted by Crippen LogP contribution is 2.30. The number of hydrogen-bond donors (Lipinski definition) is 2. The average molecular weight is 452 g/mol. The van der Waals surface area contributed by atoms with Gasteiger partial charge in [0.05, 0.1) is 35.7 Å². The Morgan fingerprint density at radius 1 is 1.26 bits per heavy atom. The number of pyridine rings is 2. The quantitative estimate of drug-likeness (QED) is 0.586. The summed E-state index contributed by atoms with van der Waals surface area (Å²) in [6.07, 6.45) is -1.94. The molecule has 2 N–H and O–H groups in total. The van der Waals surface area contributed by atoms with Gasteiger partial charge in [0.2, 0.25) is 11.3 Å². The maximum absolute atomic E-state index is 14.6. The number of ether oxygens (including phenoxy) is 1. The molecule has 1 aliphatic rings. The lowest BCUT2D eigenvalue weighted by Gasteiger charge is -2.18. The molecule has 160 valence electrons. The fourth-order valence-electron chi connectivity index (χ4n) is 3.33. The molecule has 0 aliphatic carbocycles. The topological polar surface area (TPSA) is 122 Å². The zero-order valence-electron chi connectivity index (χ0n) is 15.4. The number of β-amino-alcohol motifs (C(OH)–C–C–N with tert-alkyl or cyclic N) is 1. The number of aliphatic hydroxyl groups excluding tert-OH is 1. The highest BCUT2D eigenvalue weighted by atomic mass is 35.5. The Morgan fingerprint density at radius 3 is 2.61 bits per heavy atom. The lowest BCUT2D eigenvalue weighted by Crippen LogP contribution is -2.26. The third-order valence-electron chi connectivity index (χ3n) is 4.60. The number of amides is 1. The molecule has 1 fully saturated rings. The smallest absolute Gasteiger partial charge is 0.449 e.